The highest BCUT2D eigenvalue weighted by molar-refractivity contribution is 7.92. The van der Waals surface area contributed by atoms with Crippen molar-refractivity contribution in [1.29, 1.82) is 0 Å². The van der Waals surface area contributed by atoms with Gasteiger partial charge in [0, 0.05) is 0 Å². The van der Waals surface area contributed by atoms with Crippen LogP contribution in [0.25, 0.3) is 0 Å². The molecule has 9 heteroatoms. The number of carbonyl (C=O) groups is 1. The van der Waals surface area contributed by atoms with E-state index >= 15 is 0 Å². The first kappa shape index (κ1) is 17.8. The molecule has 0 radical (unpaired) electrons. The molecule has 0 aromatic heterocycles. The number of nitrogens with zero attached hydrogens (tertiary/aromatic N) is 1. The fraction of sp³-hybridized carbons (Fsp3) is 0.133. The van der Waals surface area contributed by atoms with E-state index in [1.165, 1.54) is 36.4 Å². The second-order valence-electron chi connectivity index (χ2n) is 4.73. The zero-order valence-corrected chi connectivity index (χ0v) is 12.9. The molecule has 0 atom stereocenters. The van der Waals surface area contributed by atoms with Crippen LogP contribution >= 0.6 is 0 Å². The number of hydrogen-bond acceptors (Lipinski definition) is 3. The second-order valence-corrected chi connectivity index (χ2v) is 6.60. The van der Waals surface area contributed by atoms with Gasteiger partial charge in [-0.2, -0.15) is 13.2 Å². The zero-order valence-electron chi connectivity index (χ0n) is 12.1. The molecule has 0 saturated carbocycles. The standard InChI is InChI=1S/C15H12F3NO4S/c16-15(17,18)12-8-4-5-9-13(12)19(10-14(20)21)24(22,23)11-6-2-1-3-7-11/h1-9H,10H2,(H,20,21). The van der Waals surface area contributed by atoms with Crippen molar-refractivity contribution in [2.24, 2.45) is 0 Å². The number of carboxylic acids is 1. The highest BCUT2D eigenvalue weighted by Gasteiger charge is 2.38. The summed E-state index contributed by atoms with van der Waals surface area (Å²) in [7, 11) is -4.48. The maximum Gasteiger partial charge on any atom is 0.418 e. The molecule has 24 heavy (non-hydrogen) atoms. The number of halogens is 3. The Labute approximate surface area is 136 Å². The largest absolute Gasteiger partial charge is 0.480 e. The van der Waals surface area contributed by atoms with Crippen molar-refractivity contribution < 1.29 is 31.5 Å². The van der Waals surface area contributed by atoms with Gasteiger partial charge in [0.05, 0.1) is 16.1 Å². The lowest BCUT2D eigenvalue weighted by atomic mass is 10.1. The van der Waals surface area contributed by atoms with Crippen LogP contribution in [0.1, 0.15) is 5.56 Å². The predicted molar refractivity (Wildman–Crippen MR) is 80.1 cm³/mol. The number of anilines is 1. The van der Waals surface area contributed by atoms with Gasteiger partial charge in [0.15, 0.2) is 0 Å². The van der Waals surface area contributed by atoms with Gasteiger partial charge >= 0.3 is 12.1 Å². The van der Waals surface area contributed by atoms with Crippen molar-refractivity contribution in [1.82, 2.24) is 0 Å². The summed E-state index contributed by atoms with van der Waals surface area (Å²) in [6.45, 7) is -1.13. The van der Waals surface area contributed by atoms with E-state index < -0.39 is 40.0 Å². The third-order valence-electron chi connectivity index (χ3n) is 3.09. The highest BCUT2D eigenvalue weighted by Crippen LogP contribution is 2.38. The Morgan fingerprint density at radius 1 is 1.00 bits per heavy atom. The normalized spacial score (nSPS) is 12.0. The maximum atomic E-state index is 13.2. The fourth-order valence-corrected chi connectivity index (χ4v) is 3.53. The number of benzene rings is 2. The summed E-state index contributed by atoms with van der Waals surface area (Å²) in [5.41, 5.74) is -1.97. The van der Waals surface area contributed by atoms with E-state index in [-0.39, 0.29) is 9.20 Å². The number of rotatable bonds is 5. The zero-order chi connectivity index (χ0) is 18.0. The van der Waals surface area contributed by atoms with Crippen LogP contribution in [0, 0.1) is 0 Å². The Balaban J connectivity index is 2.66. The van der Waals surface area contributed by atoms with Crippen molar-refractivity contribution in [2.45, 2.75) is 11.1 Å². The summed E-state index contributed by atoms with van der Waals surface area (Å²) in [4.78, 5) is 10.7. The molecule has 0 bridgehead atoms. The molecular formula is C15H12F3NO4S. The van der Waals surface area contributed by atoms with E-state index in [0.29, 0.717) is 6.07 Å². The van der Waals surface area contributed by atoms with Gasteiger partial charge in [-0.3, -0.25) is 9.10 Å². The summed E-state index contributed by atoms with van der Waals surface area (Å²) in [5, 5.41) is 8.96. The summed E-state index contributed by atoms with van der Waals surface area (Å²) >= 11 is 0. The van der Waals surface area contributed by atoms with E-state index in [1.54, 1.807) is 0 Å². The van der Waals surface area contributed by atoms with Gasteiger partial charge in [0.2, 0.25) is 0 Å². The lowest BCUT2D eigenvalue weighted by molar-refractivity contribution is -0.138. The van der Waals surface area contributed by atoms with Gasteiger partial charge in [-0.05, 0) is 24.3 Å². The van der Waals surface area contributed by atoms with Gasteiger partial charge < -0.3 is 5.11 Å². The Kier molecular flexibility index (Phi) is 4.83. The molecule has 128 valence electrons. The van der Waals surface area contributed by atoms with Crippen LogP contribution in [0.15, 0.2) is 59.5 Å². The maximum absolute atomic E-state index is 13.2. The van der Waals surface area contributed by atoms with E-state index in [0.717, 1.165) is 12.1 Å². The van der Waals surface area contributed by atoms with Crippen LogP contribution < -0.4 is 4.31 Å². The van der Waals surface area contributed by atoms with Crippen LogP contribution in [0.4, 0.5) is 18.9 Å². The molecule has 0 aliphatic heterocycles. The van der Waals surface area contributed by atoms with Crippen molar-refractivity contribution in [2.75, 3.05) is 10.8 Å². The first-order valence-corrected chi connectivity index (χ1v) is 8.04. The third-order valence-corrected chi connectivity index (χ3v) is 4.86. The van der Waals surface area contributed by atoms with Crippen LogP contribution in [0.3, 0.4) is 0 Å². The first-order valence-electron chi connectivity index (χ1n) is 6.60. The predicted octanol–water partition coefficient (Wildman–Crippen LogP) is 2.99. The summed E-state index contributed by atoms with van der Waals surface area (Å²) < 4.78 is 65.0. The molecule has 0 amide bonds. The average molecular weight is 359 g/mol. The number of aliphatic carboxylic acids is 1. The smallest absolute Gasteiger partial charge is 0.418 e. The Bertz CT molecular complexity index is 835. The SMILES string of the molecule is O=C(O)CN(c1ccccc1C(F)(F)F)S(=O)(=O)c1ccccc1. The Hall–Kier alpha value is -2.55. The van der Waals surface area contributed by atoms with Gasteiger partial charge in [-0.25, -0.2) is 8.42 Å². The Morgan fingerprint density at radius 2 is 1.54 bits per heavy atom. The average Bonchev–Trinajstić information content (AvgIpc) is 2.52. The van der Waals surface area contributed by atoms with E-state index in [9.17, 15) is 26.4 Å². The van der Waals surface area contributed by atoms with Crippen LogP contribution in [-0.2, 0) is 21.0 Å². The van der Waals surface area contributed by atoms with Crippen LogP contribution in [-0.4, -0.2) is 26.0 Å². The molecule has 0 aliphatic rings. The molecule has 2 aromatic carbocycles. The number of para-hydroxylation sites is 1. The van der Waals surface area contributed by atoms with Crippen LogP contribution in [0.2, 0.25) is 0 Å². The van der Waals surface area contributed by atoms with E-state index in [4.69, 9.17) is 5.11 Å². The first-order chi connectivity index (χ1) is 11.1. The quantitative estimate of drug-likeness (QED) is 0.891. The van der Waals surface area contributed by atoms with Crippen LogP contribution in [0.5, 0.6) is 0 Å². The Morgan fingerprint density at radius 3 is 2.08 bits per heavy atom. The lowest BCUT2D eigenvalue weighted by Gasteiger charge is -2.25. The highest BCUT2D eigenvalue weighted by atomic mass is 32.2. The molecule has 0 fully saturated rings. The van der Waals surface area contributed by atoms with Gasteiger partial charge in [0.1, 0.15) is 6.54 Å². The van der Waals surface area contributed by atoms with Gasteiger partial charge in [-0.15, -0.1) is 0 Å². The number of hydrogen-bond donors (Lipinski definition) is 1. The summed E-state index contributed by atoms with van der Waals surface area (Å²) in [6, 6.07) is 10.6. The summed E-state index contributed by atoms with van der Waals surface area (Å²) in [6.07, 6.45) is -4.83. The number of carboxylic acid groups (broad SMARTS) is 1. The molecule has 0 saturated heterocycles. The van der Waals surface area contributed by atoms with Crippen molar-refractivity contribution in [3.8, 4) is 0 Å². The molecule has 5 nitrogen and oxygen atoms in total. The minimum absolute atomic E-state index is 0.244. The second kappa shape index (κ2) is 6.52. The molecule has 2 aromatic rings. The summed E-state index contributed by atoms with van der Waals surface area (Å²) in [5.74, 6) is -1.58. The van der Waals surface area contributed by atoms with E-state index in [1.807, 2.05) is 0 Å². The molecule has 0 heterocycles. The molecule has 1 N–H and O–H groups in total. The van der Waals surface area contributed by atoms with E-state index in [2.05, 4.69) is 0 Å². The molecule has 2 rings (SSSR count). The lowest BCUT2D eigenvalue weighted by Crippen LogP contribution is -2.37. The van der Waals surface area contributed by atoms with Crippen molar-refractivity contribution in [3.05, 3.63) is 60.2 Å². The van der Waals surface area contributed by atoms with Crippen molar-refractivity contribution >= 4 is 21.7 Å². The minimum Gasteiger partial charge on any atom is -0.480 e. The number of alkyl halides is 3. The molecule has 0 aliphatic carbocycles. The van der Waals surface area contributed by atoms with Gasteiger partial charge in [-0.1, -0.05) is 30.3 Å². The molecule has 0 spiro atoms. The van der Waals surface area contributed by atoms with Gasteiger partial charge in [0.25, 0.3) is 10.0 Å². The topological polar surface area (TPSA) is 74.7 Å². The monoisotopic (exact) mass is 359 g/mol. The molecule has 0 unspecified atom stereocenters. The fourth-order valence-electron chi connectivity index (χ4n) is 2.07. The molecular weight excluding hydrogens is 347 g/mol. The third kappa shape index (κ3) is 3.67. The van der Waals surface area contributed by atoms with Crippen molar-refractivity contribution in [3.63, 3.8) is 0 Å². The number of sulfonamides is 1. The minimum atomic E-state index is -4.83.